The molecule has 0 spiro atoms. The summed E-state index contributed by atoms with van der Waals surface area (Å²) in [5, 5.41) is 3.26. The molecule has 3 heterocycles. The van der Waals surface area contributed by atoms with Crippen LogP contribution in [0.2, 0.25) is 0 Å². The van der Waals surface area contributed by atoms with Crippen LogP contribution in [0, 0.1) is 5.82 Å². The molecule has 0 unspecified atom stereocenters. The number of anilines is 2. The Balaban J connectivity index is 1.50. The van der Waals surface area contributed by atoms with Crippen LogP contribution < -0.4 is 14.8 Å². The fourth-order valence-electron chi connectivity index (χ4n) is 3.74. The van der Waals surface area contributed by atoms with Crippen LogP contribution in [0.4, 0.5) is 29.1 Å². The summed E-state index contributed by atoms with van der Waals surface area (Å²) in [4.78, 5) is 8.35. The number of hydrogen-bond acceptors (Lipinski definition) is 7. The zero-order chi connectivity index (χ0) is 23.2. The summed E-state index contributed by atoms with van der Waals surface area (Å²) in [6.07, 6.45) is -2.92. The third-order valence-electron chi connectivity index (χ3n) is 5.31. The molecule has 2 aliphatic rings. The Morgan fingerprint density at radius 2 is 1.97 bits per heavy atom. The average molecular weight is 463 g/mol. The summed E-state index contributed by atoms with van der Waals surface area (Å²) in [5.74, 6) is 0.800. The number of ether oxygens (including phenoxy) is 4. The van der Waals surface area contributed by atoms with Crippen molar-refractivity contribution in [3.05, 3.63) is 59.6 Å². The van der Waals surface area contributed by atoms with E-state index in [4.69, 9.17) is 18.9 Å². The molecule has 11 heteroatoms. The number of benzene rings is 2. The van der Waals surface area contributed by atoms with Crippen molar-refractivity contribution in [2.45, 2.75) is 18.7 Å². The number of fused-ring (bicyclic) bond motifs is 2. The Hall–Kier alpha value is -3.60. The summed E-state index contributed by atoms with van der Waals surface area (Å²) >= 11 is 0. The summed E-state index contributed by atoms with van der Waals surface area (Å²) in [6, 6.07) is 5.86. The molecule has 0 amide bonds. The minimum absolute atomic E-state index is 0.0162. The highest BCUT2D eigenvalue weighted by Gasteiger charge is 2.35. The Kier molecular flexibility index (Phi) is 5.20. The van der Waals surface area contributed by atoms with Crippen LogP contribution >= 0.6 is 0 Å². The molecule has 1 atom stereocenters. The van der Waals surface area contributed by atoms with Crippen molar-refractivity contribution in [3.8, 4) is 11.5 Å². The maximum atomic E-state index is 13.6. The summed E-state index contributed by atoms with van der Waals surface area (Å²) < 4.78 is 75.5. The first-order valence-corrected chi connectivity index (χ1v) is 9.95. The third-order valence-corrected chi connectivity index (χ3v) is 5.31. The van der Waals surface area contributed by atoms with Crippen molar-refractivity contribution in [1.82, 2.24) is 9.97 Å². The van der Waals surface area contributed by atoms with Crippen molar-refractivity contribution in [1.29, 1.82) is 0 Å². The van der Waals surface area contributed by atoms with Gasteiger partial charge in [0, 0.05) is 23.6 Å². The van der Waals surface area contributed by atoms with E-state index in [0.717, 1.165) is 12.5 Å². The molecular formula is C22H17F4N3O4. The Labute approximate surface area is 184 Å². The lowest BCUT2D eigenvalue weighted by atomic mass is 10.1. The minimum Gasteiger partial charge on any atom is -0.493 e. The number of hydrogen-bond donors (Lipinski definition) is 1. The number of alkyl halides is 3. The summed E-state index contributed by atoms with van der Waals surface area (Å²) in [6.45, 7) is 0.827. The van der Waals surface area contributed by atoms with Gasteiger partial charge in [0.05, 0.1) is 24.8 Å². The maximum Gasteiger partial charge on any atom is 0.419 e. The van der Waals surface area contributed by atoms with Crippen molar-refractivity contribution in [2.24, 2.45) is 0 Å². The highest BCUT2D eigenvalue weighted by atomic mass is 19.4. The van der Waals surface area contributed by atoms with Gasteiger partial charge in [0.15, 0.2) is 23.0 Å². The van der Waals surface area contributed by atoms with E-state index in [2.05, 4.69) is 15.3 Å². The van der Waals surface area contributed by atoms with Crippen LogP contribution in [0.15, 0.2) is 48.2 Å². The van der Waals surface area contributed by atoms with E-state index in [1.165, 1.54) is 19.5 Å². The number of aromatic nitrogens is 2. The van der Waals surface area contributed by atoms with Gasteiger partial charge in [-0.2, -0.15) is 13.2 Å². The maximum absolute atomic E-state index is 13.6. The van der Waals surface area contributed by atoms with Crippen LogP contribution in [-0.2, 0) is 15.7 Å². The van der Waals surface area contributed by atoms with Crippen molar-refractivity contribution >= 4 is 22.4 Å². The molecule has 1 fully saturated rings. The fraction of sp³-hybridized carbons (Fsp3) is 0.273. The Morgan fingerprint density at radius 1 is 1.12 bits per heavy atom. The molecule has 0 aliphatic carbocycles. The van der Waals surface area contributed by atoms with Gasteiger partial charge in [-0.25, -0.2) is 14.4 Å². The van der Waals surface area contributed by atoms with Gasteiger partial charge >= 0.3 is 6.18 Å². The lowest BCUT2D eigenvalue weighted by Crippen LogP contribution is -2.09. The highest BCUT2D eigenvalue weighted by molar-refractivity contribution is 5.93. The number of rotatable bonds is 5. The van der Waals surface area contributed by atoms with Crippen LogP contribution in [0.5, 0.6) is 11.5 Å². The van der Waals surface area contributed by atoms with Crippen LogP contribution in [-0.4, -0.2) is 36.4 Å². The Morgan fingerprint density at radius 3 is 2.76 bits per heavy atom. The SMILES string of the molecule is COc1cc2c(Nc3ccc(F)c(C(F)(F)F)c3)ncnc2cc1OC1=C2OCC[C@@H]2OC1. The molecule has 5 rings (SSSR count). The number of nitrogens with one attached hydrogen (secondary N) is 1. The zero-order valence-electron chi connectivity index (χ0n) is 17.2. The molecule has 2 aromatic carbocycles. The Bertz CT molecular complexity index is 1260. The van der Waals surface area contributed by atoms with Crippen LogP contribution in [0.25, 0.3) is 10.9 Å². The van der Waals surface area contributed by atoms with Gasteiger partial charge < -0.3 is 24.3 Å². The predicted octanol–water partition coefficient (Wildman–Crippen LogP) is 4.95. The van der Waals surface area contributed by atoms with E-state index in [1.54, 1.807) is 12.1 Å². The van der Waals surface area contributed by atoms with Gasteiger partial charge in [-0.1, -0.05) is 0 Å². The number of methoxy groups -OCH3 is 1. The predicted molar refractivity (Wildman–Crippen MR) is 109 cm³/mol. The van der Waals surface area contributed by atoms with Crippen molar-refractivity contribution in [2.75, 3.05) is 25.6 Å². The van der Waals surface area contributed by atoms with Gasteiger partial charge in [0.2, 0.25) is 0 Å². The number of halogens is 4. The quantitative estimate of drug-likeness (QED) is 0.537. The van der Waals surface area contributed by atoms with E-state index in [1.807, 2.05) is 0 Å². The molecule has 1 aromatic heterocycles. The average Bonchev–Trinajstić information content (AvgIpc) is 3.39. The topological polar surface area (TPSA) is 74.7 Å². The molecule has 0 bridgehead atoms. The van der Waals surface area contributed by atoms with E-state index < -0.39 is 17.6 Å². The first-order chi connectivity index (χ1) is 15.8. The highest BCUT2D eigenvalue weighted by Crippen LogP contribution is 2.39. The smallest absolute Gasteiger partial charge is 0.419 e. The molecule has 33 heavy (non-hydrogen) atoms. The van der Waals surface area contributed by atoms with Gasteiger partial charge in [-0.3, -0.25) is 0 Å². The number of nitrogens with zero attached hydrogens (tertiary/aromatic N) is 2. The third kappa shape index (κ3) is 3.99. The van der Waals surface area contributed by atoms with Crippen molar-refractivity contribution in [3.63, 3.8) is 0 Å². The molecular weight excluding hydrogens is 446 g/mol. The first kappa shape index (κ1) is 21.3. The second-order valence-corrected chi connectivity index (χ2v) is 7.39. The van der Waals surface area contributed by atoms with E-state index in [0.29, 0.717) is 46.6 Å². The monoisotopic (exact) mass is 463 g/mol. The van der Waals surface area contributed by atoms with Crippen LogP contribution in [0.1, 0.15) is 12.0 Å². The fourth-order valence-corrected chi connectivity index (χ4v) is 3.74. The van der Waals surface area contributed by atoms with Crippen LogP contribution in [0.3, 0.4) is 0 Å². The van der Waals surface area contributed by atoms with E-state index >= 15 is 0 Å². The van der Waals surface area contributed by atoms with E-state index in [9.17, 15) is 17.6 Å². The summed E-state index contributed by atoms with van der Waals surface area (Å²) in [5.41, 5.74) is -0.905. The standard InChI is InChI=1S/C22H17F4N3O4/c1-30-17-7-12-15(8-18(17)33-19-9-32-16-4-5-31-20(16)19)27-10-28-21(12)29-11-2-3-14(23)13(6-11)22(24,25)26/h2-3,6-8,10,16H,4-5,9H2,1H3,(H,27,28,29)/t16-/m0/s1. The second kappa shape index (κ2) is 8.07. The summed E-state index contributed by atoms with van der Waals surface area (Å²) in [7, 11) is 1.46. The molecule has 0 radical (unpaired) electrons. The second-order valence-electron chi connectivity index (χ2n) is 7.39. The molecule has 1 saturated heterocycles. The molecule has 2 aliphatic heterocycles. The zero-order valence-corrected chi connectivity index (χ0v) is 17.2. The van der Waals surface area contributed by atoms with Gasteiger partial charge in [-0.05, 0) is 24.3 Å². The van der Waals surface area contributed by atoms with Gasteiger partial charge in [0.25, 0.3) is 0 Å². The van der Waals surface area contributed by atoms with Gasteiger partial charge in [-0.15, -0.1) is 0 Å². The lowest BCUT2D eigenvalue weighted by molar-refractivity contribution is -0.139. The normalized spacial score (nSPS) is 17.8. The molecule has 7 nitrogen and oxygen atoms in total. The van der Waals surface area contributed by atoms with Gasteiger partial charge in [0.1, 0.15) is 30.7 Å². The van der Waals surface area contributed by atoms with E-state index in [-0.39, 0.29) is 24.2 Å². The molecule has 0 saturated carbocycles. The largest absolute Gasteiger partial charge is 0.493 e. The lowest BCUT2D eigenvalue weighted by Gasteiger charge is -2.15. The van der Waals surface area contributed by atoms with Crippen molar-refractivity contribution < 1.29 is 36.5 Å². The molecule has 172 valence electrons. The minimum atomic E-state index is -4.83. The molecule has 3 aromatic rings. The molecule has 1 N–H and O–H groups in total. The first-order valence-electron chi connectivity index (χ1n) is 9.95.